The normalized spacial score (nSPS) is 42.9. The van der Waals surface area contributed by atoms with Crippen molar-refractivity contribution < 1.29 is 0 Å². The number of rotatable bonds is 2. The van der Waals surface area contributed by atoms with Crippen molar-refractivity contribution in [1.82, 2.24) is 5.43 Å². The van der Waals surface area contributed by atoms with Crippen molar-refractivity contribution in [2.75, 3.05) is 0 Å². The van der Waals surface area contributed by atoms with E-state index >= 15 is 0 Å². The van der Waals surface area contributed by atoms with Crippen molar-refractivity contribution in [3.05, 3.63) is 23.9 Å². The lowest BCUT2D eigenvalue weighted by atomic mass is 10.1. The first kappa shape index (κ1) is 10.5. The van der Waals surface area contributed by atoms with E-state index < -0.39 is 0 Å². The van der Waals surface area contributed by atoms with Gasteiger partial charge in [0.2, 0.25) is 0 Å². The summed E-state index contributed by atoms with van der Waals surface area (Å²) in [6.45, 7) is 10.3. The summed E-state index contributed by atoms with van der Waals surface area (Å²) in [5, 5.41) is 4.44. The summed E-state index contributed by atoms with van der Waals surface area (Å²) in [6.07, 6.45) is 4.39. The van der Waals surface area contributed by atoms with Crippen LogP contribution in [-0.4, -0.2) is 5.71 Å². The molecule has 2 nitrogen and oxygen atoms in total. The minimum atomic E-state index is 0.693. The van der Waals surface area contributed by atoms with Gasteiger partial charge in [0, 0.05) is 17.3 Å². The molecule has 0 aromatic rings. The quantitative estimate of drug-likeness (QED) is 0.687. The van der Waals surface area contributed by atoms with E-state index in [9.17, 15) is 0 Å². The van der Waals surface area contributed by atoms with Crippen molar-refractivity contribution in [1.29, 1.82) is 0 Å². The van der Waals surface area contributed by atoms with Crippen LogP contribution in [-0.2, 0) is 0 Å². The first-order valence-corrected chi connectivity index (χ1v) is 5.72. The lowest BCUT2D eigenvalue weighted by Crippen LogP contribution is -2.12. The zero-order chi connectivity index (χ0) is 11.0. The van der Waals surface area contributed by atoms with Gasteiger partial charge in [0.1, 0.15) is 0 Å². The van der Waals surface area contributed by atoms with E-state index in [0.29, 0.717) is 5.92 Å². The third kappa shape index (κ3) is 1.85. The second-order valence-corrected chi connectivity index (χ2v) is 4.85. The Labute approximate surface area is 92.1 Å². The van der Waals surface area contributed by atoms with Gasteiger partial charge in [-0.3, -0.25) is 5.43 Å². The van der Waals surface area contributed by atoms with E-state index in [1.807, 2.05) is 6.08 Å². The number of nitrogens with one attached hydrogen (secondary N) is 1. The molecule has 3 unspecified atom stereocenters. The standard InChI is InChI=1S/C13H20N2/c1-5-6-11-12-7-8(2)9(3)14-15-10(4)13(11)12/h5,11-14H,1,6-7H2,2-4H3/b9-8+,15-10+. The maximum atomic E-state index is 4.44. The molecular weight excluding hydrogens is 184 g/mol. The molecule has 0 aromatic heterocycles. The predicted molar refractivity (Wildman–Crippen MR) is 64.5 cm³/mol. The summed E-state index contributed by atoms with van der Waals surface area (Å²) in [5.74, 6) is 2.29. The number of hydrogen-bond acceptors (Lipinski definition) is 2. The van der Waals surface area contributed by atoms with Gasteiger partial charge in [-0.25, -0.2) is 0 Å². The van der Waals surface area contributed by atoms with Crippen LogP contribution in [0.25, 0.3) is 0 Å². The highest BCUT2D eigenvalue weighted by molar-refractivity contribution is 5.87. The number of fused-ring (bicyclic) bond motifs is 1. The molecular formula is C13H20N2. The van der Waals surface area contributed by atoms with Gasteiger partial charge >= 0.3 is 0 Å². The molecule has 82 valence electrons. The molecule has 0 bridgehead atoms. The van der Waals surface area contributed by atoms with E-state index in [1.54, 1.807) is 0 Å². The molecule has 1 saturated carbocycles. The van der Waals surface area contributed by atoms with Crippen LogP contribution in [0.4, 0.5) is 0 Å². The smallest absolute Gasteiger partial charge is 0.0388 e. The summed E-state index contributed by atoms with van der Waals surface area (Å²) < 4.78 is 0. The number of hydrazone groups is 1. The van der Waals surface area contributed by atoms with Crippen molar-refractivity contribution in [2.45, 2.75) is 33.6 Å². The van der Waals surface area contributed by atoms with Crippen LogP contribution >= 0.6 is 0 Å². The average molecular weight is 204 g/mol. The van der Waals surface area contributed by atoms with Crippen molar-refractivity contribution >= 4 is 5.71 Å². The molecule has 0 aromatic carbocycles. The van der Waals surface area contributed by atoms with Gasteiger partial charge in [-0.15, -0.1) is 6.58 Å². The molecule has 0 radical (unpaired) electrons. The Hall–Kier alpha value is -1.05. The van der Waals surface area contributed by atoms with Crippen LogP contribution in [0.3, 0.4) is 0 Å². The Morgan fingerprint density at radius 1 is 1.47 bits per heavy atom. The fourth-order valence-corrected chi connectivity index (χ4v) is 2.71. The van der Waals surface area contributed by atoms with Gasteiger partial charge in [0.15, 0.2) is 0 Å². The van der Waals surface area contributed by atoms with E-state index in [4.69, 9.17) is 0 Å². The molecule has 2 heteroatoms. The second kappa shape index (κ2) is 3.84. The minimum absolute atomic E-state index is 0.693. The van der Waals surface area contributed by atoms with Gasteiger partial charge in [-0.05, 0) is 45.4 Å². The first-order valence-electron chi connectivity index (χ1n) is 5.72. The van der Waals surface area contributed by atoms with Crippen LogP contribution in [0.15, 0.2) is 29.0 Å². The molecule has 1 aliphatic heterocycles. The number of nitrogens with zero attached hydrogens (tertiary/aromatic N) is 1. The largest absolute Gasteiger partial charge is 0.283 e. The molecule has 1 N–H and O–H groups in total. The highest BCUT2D eigenvalue weighted by atomic mass is 15.3. The van der Waals surface area contributed by atoms with E-state index in [1.165, 1.54) is 23.4 Å². The van der Waals surface area contributed by atoms with Gasteiger partial charge in [0.25, 0.3) is 0 Å². The van der Waals surface area contributed by atoms with Crippen LogP contribution in [0.1, 0.15) is 33.6 Å². The molecule has 2 rings (SSSR count). The third-order valence-corrected chi connectivity index (χ3v) is 3.83. The van der Waals surface area contributed by atoms with Crippen LogP contribution in [0.5, 0.6) is 0 Å². The number of hydrogen-bond donors (Lipinski definition) is 1. The van der Waals surface area contributed by atoms with Gasteiger partial charge < -0.3 is 0 Å². The average Bonchev–Trinajstić information content (AvgIpc) is 2.86. The lowest BCUT2D eigenvalue weighted by Gasteiger charge is -2.11. The van der Waals surface area contributed by atoms with Crippen LogP contribution < -0.4 is 5.43 Å². The Balaban J connectivity index is 2.18. The van der Waals surface area contributed by atoms with E-state index in [0.717, 1.165) is 18.3 Å². The highest BCUT2D eigenvalue weighted by Gasteiger charge is 2.50. The molecule has 1 fully saturated rings. The summed E-state index contributed by atoms with van der Waals surface area (Å²) in [6, 6.07) is 0. The highest BCUT2D eigenvalue weighted by Crippen LogP contribution is 2.53. The molecule has 2 aliphatic rings. The summed E-state index contributed by atoms with van der Waals surface area (Å²) in [5.41, 5.74) is 7.08. The zero-order valence-electron chi connectivity index (χ0n) is 9.88. The molecule has 0 spiro atoms. The predicted octanol–water partition coefficient (Wildman–Crippen LogP) is 3.09. The second-order valence-electron chi connectivity index (χ2n) is 4.85. The fraction of sp³-hybridized carbons (Fsp3) is 0.615. The van der Waals surface area contributed by atoms with Crippen LogP contribution in [0, 0.1) is 17.8 Å². The lowest BCUT2D eigenvalue weighted by molar-refractivity contribution is 0.685. The zero-order valence-corrected chi connectivity index (χ0v) is 9.88. The topological polar surface area (TPSA) is 24.4 Å². The molecule has 3 atom stereocenters. The maximum absolute atomic E-state index is 4.44. The molecule has 15 heavy (non-hydrogen) atoms. The summed E-state index contributed by atoms with van der Waals surface area (Å²) in [7, 11) is 0. The van der Waals surface area contributed by atoms with Gasteiger partial charge in [0.05, 0.1) is 0 Å². The Kier molecular flexibility index (Phi) is 2.68. The van der Waals surface area contributed by atoms with Gasteiger partial charge in [-0.2, -0.15) is 5.10 Å². The SMILES string of the molecule is C=CCC1C2C/C(C)=C(\C)N/N=C(\C)C12. The molecule has 0 saturated heterocycles. The Morgan fingerprint density at radius 2 is 2.20 bits per heavy atom. The monoisotopic (exact) mass is 204 g/mol. The summed E-state index contributed by atoms with van der Waals surface area (Å²) >= 11 is 0. The Bertz CT molecular complexity index is 338. The third-order valence-electron chi connectivity index (χ3n) is 3.83. The number of allylic oxidation sites excluding steroid dienone is 3. The Morgan fingerprint density at radius 3 is 2.87 bits per heavy atom. The van der Waals surface area contributed by atoms with Crippen molar-refractivity contribution in [3.63, 3.8) is 0 Å². The molecule has 0 amide bonds. The first-order chi connectivity index (χ1) is 7.15. The van der Waals surface area contributed by atoms with Crippen LogP contribution in [0.2, 0.25) is 0 Å². The summed E-state index contributed by atoms with van der Waals surface area (Å²) in [4.78, 5) is 0. The van der Waals surface area contributed by atoms with Crippen molar-refractivity contribution in [3.8, 4) is 0 Å². The molecule has 1 heterocycles. The van der Waals surface area contributed by atoms with Gasteiger partial charge in [-0.1, -0.05) is 11.6 Å². The maximum Gasteiger partial charge on any atom is 0.0388 e. The minimum Gasteiger partial charge on any atom is -0.283 e. The fourth-order valence-electron chi connectivity index (χ4n) is 2.71. The van der Waals surface area contributed by atoms with E-state index in [2.05, 4.69) is 37.9 Å². The van der Waals surface area contributed by atoms with Crippen molar-refractivity contribution in [2.24, 2.45) is 22.9 Å². The van der Waals surface area contributed by atoms with E-state index in [-0.39, 0.29) is 0 Å². The molecule has 1 aliphatic carbocycles.